The Labute approximate surface area is 403 Å². The van der Waals surface area contributed by atoms with Crippen molar-refractivity contribution in [2.75, 3.05) is 77.2 Å². The van der Waals surface area contributed by atoms with Crippen LogP contribution in [-0.4, -0.2) is 145 Å². The molecular formula is C48H84N4O12S2. The van der Waals surface area contributed by atoms with Crippen LogP contribution in [0.3, 0.4) is 0 Å². The average Bonchev–Trinajstić information content (AvgIpc) is 3.29. The van der Waals surface area contributed by atoms with Gasteiger partial charge in [-0.3, -0.25) is 38.4 Å². The number of nitrogens with zero attached hydrogens (tertiary/aromatic N) is 2. The number of unbranched alkanes of at least 4 members (excludes halogenated alkanes) is 12. The van der Waals surface area contributed by atoms with Crippen molar-refractivity contribution in [1.29, 1.82) is 0 Å². The van der Waals surface area contributed by atoms with Crippen molar-refractivity contribution in [2.45, 2.75) is 181 Å². The van der Waals surface area contributed by atoms with E-state index in [4.69, 9.17) is 18.9 Å². The van der Waals surface area contributed by atoms with Crippen molar-refractivity contribution >= 4 is 69.4 Å². The molecule has 2 atom stereocenters. The fraction of sp³-hybridized carbons (Fsp3) is 0.833. The second-order valence-electron chi connectivity index (χ2n) is 16.8. The van der Waals surface area contributed by atoms with Gasteiger partial charge < -0.3 is 39.4 Å². The standard InChI is InChI=1S/C48H84N4O12S2/c1-5-9-13-17-31-61-41(53)21-25-51(26-22-42(54)62-32-18-14-10-6-2)29-35-65-45(57)37-39-47(59)50-40(48(60)49-39)38-46(58)66-36-30-52(27-23-43(55)63-33-19-15-11-7-3)28-24-44(56)64-34-20-16-12-8-4/h39-40H,5-38H2,1-4H3,(H,49,60)(H,50,59). The van der Waals surface area contributed by atoms with E-state index in [1.165, 1.54) is 0 Å². The number of hydrogen-bond acceptors (Lipinski definition) is 16. The third kappa shape index (κ3) is 33.3. The smallest absolute Gasteiger partial charge is 0.307 e. The molecule has 380 valence electrons. The lowest BCUT2D eigenvalue weighted by atomic mass is 10.1. The predicted octanol–water partition coefficient (Wildman–Crippen LogP) is 6.93. The molecule has 1 aliphatic rings. The fourth-order valence-electron chi connectivity index (χ4n) is 6.81. The molecule has 0 aromatic heterocycles. The molecule has 0 radical (unpaired) electrons. The molecule has 2 unspecified atom stereocenters. The molecule has 2 amide bonds. The van der Waals surface area contributed by atoms with Gasteiger partial charge in [-0.25, -0.2) is 0 Å². The summed E-state index contributed by atoms with van der Waals surface area (Å²) in [4.78, 5) is 105. The van der Waals surface area contributed by atoms with E-state index >= 15 is 0 Å². The largest absolute Gasteiger partial charge is 0.466 e. The monoisotopic (exact) mass is 973 g/mol. The molecule has 16 nitrogen and oxygen atoms in total. The van der Waals surface area contributed by atoms with Crippen LogP contribution in [-0.2, 0) is 57.3 Å². The lowest BCUT2D eigenvalue weighted by Gasteiger charge is -2.29. The van der Waals surface area contributed by atoms with Gasteiger partial charge >= 0.3 is 23.9 Å². The molecule has 1 saturated heterocycles. The highest BCUT2D eigenvalue weighted by Gasteiger charge is 2.36. The van der Waals surface area contributed by atoms with E-state index < -0.39 is 23.9 Å². The summed E-state index contributed by atoms with van der Waals surface area (Å²) in [6, 6.07) is -2.18. The van der Waals surface area contributed by atoms with Crippen molar-refractivity contribution in [3.05, 3.63) is 0 Å². The van der Waals surface area contributed by atoms with Crippen LogP contribution in [0.15, 0.2) is 0 Å². The molecule has 1 heterocycles. The zero-order chi connectivity index (χ0) is 48.6. The Kier molecular flexibility index (Phi) is 37.6. The summed E-state index contributed by atoms with van der Waals surface area (Å²) in [6.45, 7) is 12.1. The van der Waals surface area contributed by atoms with E-state index in [2.05, 4.69) is 38.3 Å². The third-order valence-electron chi connectivity index (χ3n) is 10.9. The first-order valence-corrected chi connectivity index (χ1v) is 26.9. The van der Waals surface area contributed by atoms with Crippen LogP contribution in [0.2, 0.25) is 0 Å². The summed E-state index contributed by atoms with van der Waals surface area (Å²) in [7, 11) is 0. The minimum absolute atomic E-state index is 0.141. The van der Waals surface area contributed by atoms with E-state index in [9.17, 15) is 38.4 Å². The van der Waals surface area contributed by atoms with E-state index in [0.29, 0.717) is 77.2 Å². The highest BCUT2D eigenvalue weighted by atomic mass is 32.2. The van der Waals surface area contributed by atoms with Crippen molar-refractivity contribution < 1.29 is 57.3 Å². The fourth-order valence-corrected chi connectivity index (χ4v) is 8.53. The number of carbonyl (C=O) groups excluding carboxylic acids is 8. The maximum absolute atomic E-state index is 13.0. The zero-order valence-corrected chi connectivity index (χ0v) is 42.4. The quantitative estimate of drug-likeness (QED) is 0.0362. The molecular weight excluding hydrogens is 889 g/mol. The first kappa shape index (κ1) is 60.8. The number of ether oxygens (including phenoxy) is 4. The summed E-state index contributed by atoms with van der Waals surface area (Å²) in [5, 5.41) is 4.56. The van der Waals surface area contributed by atoms with Crippen molar-refractivity contribution in [1.82, 2.24) is 20.4 Å². The second-order valence-corrected chi connectivity index (χ2v) is 19.1. The maximum Gasteiger partial charge on any atom is 0.307 e. The van der Waals surface area contributed by atoms with Crippen molar-refractivity contribution in [3.8, 4) is 0 Å². The number of carbonyl (C=O) groups is 8. The van der Waals surface area contributed by atoms with Gasteiger partial charge in [-0.1, -0.05) is 128 Å². The number of esters is 4. The van der Waals surface area contributed by atoms with Gasteiger partial charge in [0.1, 0.15) is 12.1 Å². The Balaban J connectivity index is 2.61. The number of hydrogen-bond donors (Lipinski definition) is 2. The lowest BCUT2D eigenvalue weighted by Crippen LogP contribution is -2.62. The van der Waals surface area contributed by atoms with Gasteiger partial charge in [-0.2, -0.15) is 0 Å². The van der Waals surface area contributed by atoms with E-state index in [1.807, 2.05) is 9.80 Å². The van der Waals surface area contributed by atoms with Crippen molar-refractivity contribution in [2.24, 2.45) is 0 Å². The van der Waals surface area contributed by atoms with Gasteiger partial charge in [-0.05, 0) is 25.7 Å². The molecule has 1 fully saturated rings. The Bertz CT molecular complexity index is 1250. The summed E-state index contributed by atoms with van der Waals surface area (Å²) in [5.74, 6) is -1.73. The molecule has 0 aromatic carbocycles. The van der Waals surface area contributed by atoms with Crippen LogP contribution in [0.1, 0.15) is 169 Å². The Morgan fingerprint density at radius 2 is 0.697 bits per heavy atom. The molecule has 0 aliphatic carbocycles. The molecule has 1 rings (SSSR count). The van der Waals surface area contributed by atoms with Crippen LogP contribution in [0.5, 0.6) is 0 Å². The molecule has 66 heavy (non-hydrogen) atoms. The SMILES string of the molecule is CCCCCCOC(=O)CCN(CCSC(=O)CC1NC(=O)C(CC(=O)SCCN(CCC(=O)OCCCCCC)CCC(=O)OCCCCCC)NC1=O)CCC(=O)OCCCCCC. The Hall–Kier alpha value is -3.22. The minimum atomic E-state index is -1.09. The average molecular weight is 973 g/mol. The normalized spacial score (nSPS) is 14.8. The van der Waals surface area contributed by atoms with Gasteiger partial charge in [0.25, 0.3) is 0 Å². The molecule has 2 N–H and O–H groups in total. The lowest BCUT2D eigenvalue weighted by molar-refractivity contribution is -0.146. The van der Waals surface area contributed by atoms with E-state index in [0.717, 1.165) is 126 Å². The number of thioether (sulfide) groups is 2. The second kappa shape index (κ2) is 40.8. The highest BCUT2D eigenvalue weighted by Crippen LogP contribution is 2.16. The van der Waals surface area contributed by atoms with E-state index in [-0.39, 0.29) is 72.6 Å². The van der Waals surface area contributed by atoms with Gasteiger partial charge in [0.2, 0.25) is 11.8 Å². The Morgan fingerprint density at radius 1 is 0.424 bits per heavy atom. The topological polar surface area (TPSA) is 204 Å². The maximum atomic E-state index is 13.0. The van der Waals surface area contributed by atoms with Crippen LogP contribution in [0, 0.1) is 0 Å². The zero-order valence-electron chi connectivity index (χ0n) is 40.8. The van der Waals surface area contributed by atoms with Gasteiger partial charge in [-0.15, -0.1) is 0 Å². The van der Waals surface area contributed by atoms with Crippen LogP contribution in [0.4, 0.5) is 0 Å². The summed E-state index contributed by atoms with van der Waals surface area (Å²) >= 11 is 2.00. The molecule has 1 aliphatic heterocycles. The van der Waals surface area contributed by atoms with Crippen LogP contribution >= 0.6 is 23.5 Å². The first-order valence-electron chi connectivity index (χ1n) is 24.9. The van der Waals surface area contributed by atoms with Crippen LogP contribution < -0.4 is 10.6 Å². The van der Waals surface area contributed by atoms with Crippen molar-refractivity contribution in [3.63, 3.8) is 0 Å². The van der Waals surface area contributed by atoms with Gasteiger partial charge in [0.05, 0.1) is 52.1 Å². The molecule has 18 heteroatoms. The molecule has 0 aromatic rings. The van der Waals surface area contributed by atoms with E-state index in [1.54, 1.807) is 0 Å². The number of nitrogens with one attached hydrogen (secondary N) is 2. The first-order chi connectivity index (χ1) is 31.9. The highest BCUT2D eigenvalue weighted by molar-refractivity contribution is 8.13. The third-order valence-corrected chi connectivity index (χ3v) is 12.7. The summed E-state index contributed by atoms with van der Waals surface area (Å²) < 4.78 is 21.5. The summed E-state index contributed by atoms with van der Waals surface area (Å²) in [5.41, 5.74) is 0. The summed E-state index contributed by atoms with van der Waals surface area (Å²) in [6.07, 6.45) is 16.0. The predicted molar refractivity (Wildman–Crippen MR) is 260 cm³/mol. The molecule has 0 spiro atoms. The molecule has 0 bridgehead atoms. The number of piperazine rings is 1. The number of rotatable bonds is 42. The minimum Gasteiger partial charge on any atom is -0.466 e. The number of amides is 2. The van der Waals surface area contributed by atoms with Gasteiger partial charge in [0, 0.05) is 63.6 Å². The molecule has 0 saturated carbocycles. The Morgan fingerprint density at radius 3 is 0.955 bits per heavy atom. The van der Waals surface area contributed by atoms with Crippen LogP contribution in [0.25, 0.3) is 0 Å². The van der Waals surface area contributed by atoms with Gasteiger partial charge in [0.15, 0.2) is 10.2 Å².